The molecule has 5 aromatic rings. The van der Waals surface area contributed by atoms with Crippen molar-refractivity contribution in [2.45, 2.75) is 4.90 Å². The first kappa shape index (κ1) is 19.1. The van der Waals surface area contributed by atoms with Crippen LogP contribution in [0.5, 0.6) is 0 Å². The summed E-state index contributed by atoms with van der Waals surface area (Å²) >= 11 is 12.0. The number of H-pyrrole nitrogens is 2. The van der Waals surface area contributed by atoms with Gasteiger partial charge in [-0.3, -0.25) is 14.1 Å². The van der Waals surface area contributed by atoms with Gasteiger partial charge in [-0.05, 0) is 42.5 Å². The van der Waals surface area contributed by atoms with Crippen LogP contribution in [0.3, 0.4) is 0 Å². The van der Waals surface area contributed by atoms with Crippen molar-refractivity contribution in [1.82, 2.24) is 9.97 Å². The molecule has 0 atom stereocenters. The topological polar surface area (TPSA) is 120 Å². The minimum atomic E-state index is -4.61. The molecular formula is C20H10Cl2N2O5S. The van der Waals surface area contributed by atoms with E-state index in [0.29, 0.717) is 32.3 Å². The second-order valence-electron chi connectivity index (χ2n) is 6.84. The Bertz CT molecular complexity index is 1790. The molecule has 0 fully saturated rings. The zero-order valence-electron chi connectivity index (χ0n) is 14.8. The number of hydrogen-bond acceptors (Lipinski definition) is 4. The smallest absolute Gasteiger partial charge is 0.296 e. The highest BCUT2D eigenvalue weighted by Gasteiger charge is 2.18. The summed E-state index contributed by atoms with van der Waals surface area (Å²) in [5, 5.41) is 1.31. The van der Waals surface area contributed by atoms with Gasteiger partial charge in [0.15, 0.2) is 10.9 Å². The maximum absolute atomic E-state index is 13.1. The molecule has 3 aromatic carbocycles. The zero-order chi connectivity index (χ0) is 21.4. The van der Waals surface area contributed by atoms with Crippen molar-refractivity contribution >= 4 is 76.9 Å². The number of benzene rings is 3. The van der Waals surface area contributed by atoms with E-state index in [-0.39, 0.29) is 26.7 Å². The highest BCUT2D eigenvalue weighted by molar-refractivity contribution is 7.86. The Balaban J connectivity index is 1.95. The normalized spacial score (nSPS) is 12.4. The van der Waals surface area contributed by atoms with Crippen molar-refractivity contribution in [3.8, 4) is 0 Å². The fourth-order valence-electron chi connectivity index (χ4n) is 3.62. The Morgan fingerprint density at radius 2 is 1.20 bits per heavy atom. The van der Waals surface area contributed by atoms with Crippen LogP contribution in [-0.4, -0.2) is 22.9 Å². The molecular weight excluding hydrogens is 451 g/mol. The van der Waals surface area contributed by atoms with E-state index in [4.69, 9.17) is 23.2 Å². The van der Waals surface area contributed by atoms with Crippen molar-refractivity contribution in [2.75, 3.05) is 0 Å². The number of aromatic amines is 2. The van der Waals surface area contributed by atoms with Crippen molar-refractivity contribution in [2.24, 2.45) is 0 Å². The third-order valence-corrected chi connectivity index (χ3v) is 6.56. The number of aromatic nitrogens is 2. The van der Waals surface area contributed by atoms with Crippen LogP contribution in [0.15, 0.2) is 56.9 Å². The standard InChI is InChI=1S/C20H10Cl2N2O5S/c21-8-1-2-9-14(3-8)23-15-5-11-16(4-10(15)19(9)25)24-17-7-13(22)18(30(27,28)29)6-12(17)20(11)26/h1-7H,(H,23,25)(H,24,26)(H,27,28,29). The fourth-order valence-corrected chi connectivity index (χ4v) is 4.82. The predicted molar refractivity (Wildman–Crippen MR) is 118 cm³/mol. The molecule has 30 heavy (non-hydrogen) atoms. The van der Waals surface area contributed by atoms with E-state index < -0.39 is 20.4 Å². The van der Waals surface area contributed by atoms with Gasteiger partial charge in [-0.2, -0.15) is 8.42 Å². The fraction of sp³-hybridized carbons (Fsp3) is 0. The number of nitrogens with one attached hydrogen (secondary N) is 2. The number of rotatable bonds is 1. The Morgan fingerprint density at radius 1 is 0.700 bits per heavy atom. The van der Waals surface area contributed by atoms with Gasteiger partial charge in [0.05, 0.1) is 27.1 Å². The molecule has 0 amide bonds. The number of hydrogen-bond donors (Lipinski definition) is 3. The Labute approximate surface area is 177 Å². The van der Waals surface area contributed by atoms with Gasteiger partial charge in [0, 0.05) is 26.6 Å². The first-order valence-corrected chi connectivity index (χ1v) is 10.7. The lowest BCUT2D eigenvalue weighted by Crippen LogP contribution is -2.09. The number of fused-ring (bicyclic) bond motifs is 4. The summed E-state index contributed by atoms with van der Waals surface area (Å²) in [6.45, 7) is 0. The Kier molecular flexibility index (Phi) is 4.00. The lowest BCUT2D eigenvalue weighted by molar-refractivity contribution is 0.483. The van der Waals surface area contributed by atoms with Gasteiger partial charge in [-0.15, -0.1) is 0 Å². The van der Waals surface area contributed by atoms with Gasteiger partial charge >= 0.3 is 0 Å². The molecule has 2 aromatic heterocycles. The average molecular weight is 461 g/mol. The van der Waals surface area contributed by atoms with Crippen molar-refractivity contribution in [3.05, 3.63) is 73.0 Å². The van der Waals surface area contributed by atoms with Crippen LogP contribution in [0.2, 0.25) is 10.0 Å². The van der Waals surface area contributed by atoms with Crippen molar-refractivity contribution < 1.29 is 13.0 Å². The molecule has 0 spiro atoms. The quantitative estimate of drug-likeness (QED) is 0.255. The molecule has 150 valence electrons. The van der Waals surface area contributed by atoms with E-state index in [1.807, 2.05) is 0 Å². The van der Waals surface area contributed by atoms with Crippen LogP contribution in [0.1, 0.15) is 0 Å². The zero-order valence-corrected chi connectivity index (χ0v) is 17.1. The lowest BCUT2D eigenvalue weighted by atomic mass is 10.1. The van der Waals surface area contributed by atoms with E-state index in [9.17, 15) is 22.6 Å². The molecule has 0 saturated heterocycles. The molecule has 0 unspecified atom stereocenters. The highest BCUT2D eigenvalue weighted by Crippen LogP contribution is 2.28. The maximum atomic E-state index is 13.1. The van der Waals surface area contributed by atoms with Crippen molar-refractivity contribution in [3.63, 3.8) is 0 Å². The third-order valence-electron chi connectivity index (χ3n) is 5.01. The van der Waals surface area contributed by atoms with E-state index in [1.54, 1.807) is 24.3 Å². The first-order valence-electron chi connectivity index (χ1n) is 8.55. The van der Waals surface area contributed by atoms with E-state index in [1.165, 1.54) is 12.1 Å². The van der Waals surface area contributed by atoms with Crippen molar-refractivity contribution in [1.29, 1.82) is 0 Å². The molecule has 5 rings (SSSR count). The summed E-state index contributed by atoms with van der Waals surface area (Å²) in [6.07, 6.45) is 0. The molecule has 3 N–H and O–H groups in total. The minimum absolute atomic E-state index is 0.0325. The summed E-state index contributed by atoms with van der Waals surface area (Å²) in [6, 6.07) is 10.2. The van der Waals surface area contributed by atoms with Gasteiger partial charge in [0.2, 0.25) is 0 Å². The van der Waals surface area contributed by atoms with E-state index >= 15 is 0 Å². The summed E-state index contributed by atoms with van der Waals surface area (Å²) < 4.78 is 32.4. The lowest BCUT2D eigenvalue weighted by Gasteiger charge is -2.08. The maximum Gasteiger partial charge on any atom is 0.296 e. The van der Waals surface area contributed by atoms with Crippen LogP contribution in [0.25, 0.3) is 43.6 Å². The molecule has 0 aliphatic carbocycles. The van der Waals surface area contributed by atoms with Crippen LogP contribution in [0, 0.1) is 0 Å². The Morgan fingerprint density at radius 3 is 1.80 bits per heavy atom. The second kappa shape index (κ2) is 6.29. The third kappa shape index (κ3) is 2.80. The van der Waals surface area contributed by atoms with Crippen LogP contribution in [-0.2, 0) is 10.1 Å². The monoisotopic (exact) mass is 460 g/mol. The molecule has 0 saturated carbocycles. The summed E-state index contributed by atoms with van der Waals surface area (Å²) in [4.78, 5) is 31.6. The molecule has 7 nitrogen and oxygen atoms in total. The van der Waals surface area contributed by atoms with Crippen LogP contribution >= 0.6 is 23.2 Å². The highest BCUT2D eigenvalue weighted by atomic mass is 35.5. The first-order chi connectivity index (χ1) is 14.1. The SMILES string of the molecule is O=c1c2ccc(Cl)cc2[nH]c2cc3c(=O)c4cc(S(=O)(=O)O)c(Cl)cc4[nH]c3cc12. The second-order valence-corrected chi connectivity index (χ2v) is 9.08. The molecule has 0 radical (unpaired) electrons. The predicted octanol–water partition coefficient (Wildman–Crippen LogP) is 4.23. The summed E-state index contributed by atoms with van der Waals surface area (Å²) in [5.41, 5.74) is 0.906. The largest absolute Gasteiger partial charge is 0.354 e. The number of halogens is 2. The molecule has 0 aliphatic rings. The van der Waals surface area contributed by atoms with Gasteiger partial charge in [0.25, 0.3) is 10.1 Å². The summed E-state index contributed by atoms with van der Waals surface area (Å²) in [7, 11) is -4.61. The van der Waals surface area contributed by atoms with Gasteiger partial charge < -0.3 is 9.97 Å². The number of pyridine rings is 2. The van der Waals surface area contributed by atoms with Gasteiger partial charge in [0.1, 0.15) is 4.90 Å². The molecule has 0 aliphatic heterocycles. The molecule has 10 heteroatoms. The van der Waals surface area contributed by atoms with Gasteiger partial charge in [-0.25, -0.2) is 0 Å². The minimum Gasteiger partial charge on any atom is -0.354 e. The van der Waals surface area contributed by atoms with Crippen LogP contribution in [0.4, 0.5) is 0 Å². The van der Waals surface area contributed by atoms with E-state index in [0.717, 1.165) is 6.07 Å². The van der Waals surface area contributed by atoms with Gasteiger partial charge in [-0.1, -0.05) is 23.2 Å². The average Bonchev–Trinajstić information content (AvgIpc) is 2.66. The summed E-state index contributed by atoms with van der Waals surface area (Å²) in [5.74, 6) is 0. The van der Waals surface area contributed by atoms with Crippen LogP contribution < -0.4 is 10.9 Å². The Hall–Kier alpha value is -2.91. The van der Waals surface area contributed by atoms with E-state index in [2.05, 4.69) is 9.97 Å². The molecule has 0 bridgehead atoms. The molecule has 2 heterocycles.